The number of benzene rings is 1. The Hall–Kier alpha value is -1.97. The van der Waals surface area contributed by atoms with Crippen LogP contribution in [0.5, 0.6) is 0 Å². The van der Waals surface area contributed by atoms with Crippen LogP contribution in [0.25, 0.3) is 10.9 Å². The lowest BCUT2D eigenvalue weighted by Crippen LogP contribution is -2.17. The first kappa shape index (κ1) is 8.62. The van der Waals surface area contributed by atoms with Gasteiger partial charge in [0.25, 0.3) is 5.91 Å². The monoisotopic (exact) mass is 189 g/mol. The van der Waals surface area contributed by atoms with Crippen LogP contribution in [-0.2, 0) is 0 Å². The summed E-state index contributed by atoms with van der Waals surface area (Å²) in [7, 11) is 1.60. The molecule has 1 amide bonds. The van der Waals surface area contributed by atoms with E-state index in [0.717, 1.165) is 10.9 Å². The summed E-state index contributed by atoms with van der Waals surface area (Å²) < 4.78 is 0. The Morgan fingerprint density at radius 3 is 2.93 bits per heavy atom. The number of fused-ring (bicyclic) bond motifs is 1. The molecule has 14 heavy (non-hydrogen) atoms. The SMILES string of the molecule is CNC(=O)c1cc2cc(N)ccc2[nH]1. The summed E-state index contributed by atoms with van der Waals surface area (Å²) >= 11 is 0. The van der Waals surface area contributed by atoms with Gasteiger partial charge in [-0.05, 0) is 24.3 Å². The highest BCUT2D eigenvalue weighted by atomic mass is 16.1. The predicted molar refractivity (Wildman–Crippen MR) is 56.1 cm³/mol. The summed E-state index contributed by atoms with van der Waals surface area (Å²) in [5.41, 5.74) is 7.79. The fourth-order valence-corrected chi connectivity index (χ4v) is 1.41. The zero-order valence-electron chi connectivity index (χ0n) is 7.79. The molecule has 72 valence electrons. The average molecular weight is 189 g/mol. The number of anilines is 1. The lowest BCUT2D eigenvalue weighted by atomic mass is 10.2. The number of amides is 1. The number of hydrogen-bond donors (Lipinski definition) is 3. The van der Waals surface area contributed by atoms with Gasteiger partial charge in [0.05, 0.1) is 0 Å². The largest absolute Gasteiger partial charge is 0.399 e. The van der Waals surface area contributed by atoms with Gasteiger partial charge in [0.15, 0.2) is 0 Å². The molecule has 0 aliphatic rings. The van der Waals surface area contributed by atoms with E-state index < -0.39 is 0 Å². The highest BCUT2D eigenvalue weighted by Gasteiger charge is 2.06. The van der Waals surface area contributed by atoms with Gasteiger partial charge in [-0.2, -0.15) is 0 Å². The molecule has 4 heteroatoms. The van der Waals surface area contributed by atoms with Crippen molar-refractivity contribution in [2.24, 2.45) is 0 Å². The lowest BCUT2D eigenvalue weighted by Gasteiger charge is -1.92. The Morgan fingerprint density at radius 2 is 2.21 bits per heavy atom. The molecule has 0 unspecified atom stereocenters. The van der Waals surface area contributed by atoms with E-state index in [1.165, 1.54) is 0 Å². The average Bonchev–Trinajstić information content (AvgIpc) is 2.59. The standard InChI is InChI=1S/C10H11N3O/c1-12-10(14)9-5-6-4-7(11)2-3-8(6)13-9/h2-5,13H,11H2,1H3,(H,12,14). The molecule has 0 bridgehead atoms. The number of H-pyrrole nitrogens is 1. The van der Waals surface area contributed by atoms with Crippen molar-refractivity contribution < 1.29 is 4.79 Å². The van der Waals surface area contributed by atoms with Gasteiger partial charge in [-0.1, -0.05) is 0 Å². The van der Waals surface area contributed by atoms with Gasteiger partial charge in [-0.15, -0.1) is 0 Å². The van der Waals surface area contributed by atoms with E-state index >= 15 is 0 Å². The van der Waals surface area contributed by atoms with E-state index in [1.54, 1.807) is 19.2 Å². The van der Waals surface area contributed by atoms with Gasteiger partial charge in [-0.3, -0.25) is 4.79 Å². The molecule has 0 atom stereocenters. The minimum absolute atomic E-state index is 0.125. The first-order chi connectivity index (χ1) is 6.70. The molecule has 4 nitrogen and oxygen atoms in total. The summed E-state index contributed by atoms with van der Waals surface area (Å²) in [6, 6.07) is 7.27. The Kier molecular flexibility index (Phi) is 1.89. The molecule has 0 radical (unpaired) electrons. The van der Waals surface area contributed by atoms with E-state index in [1.807, 2.05) is 12.1 Å². The van der Waals surface area contributed by atoms with Crippen LogP contribution in [0.1, 0.15) is 10.5 Å². The molecular formula is C10H11N3O. The Balaban J connectivity index is 2.56. The highest BCUT2D eigenvalue weighted by Crippen LogP contribution is 2.18. The quantitative estimate of drug-likeness (QED) is 0.588. The van der Waals surface area contributed by atoms with Crippen LogP contribution in [0.4, 0.5) is 5.69 Å². The molecule has 0 aliphatic heterocycles. The number of carbonyl (C=O) groups is 1. The van der Waals surface area contributed by atoms with Crippen molar-refractivity contribution in [2.75, 3.05) is 12.8 Å². The minimum atomic E-state index is -0.125. The third kappa shape index (κ3) is 1.31. The van der Waals surface area contributed by atoms with E-state index in [9.17, 15) is 4.79 Å². The smallest absolute Gasteiger partial charge is 0.267 e. The van der Waals surface area contributed by atoms with Gasteiger partial charge in [0, 0.05) is 23.6 Å². The maximum atomic E-state index is 11.3. The first-order valence-corrected chi connectivity index (χ1v) is 4.31. The highest BCUT2D eigenvalue weighted by molar-refractivity contribution is 5.98. The second-order valence-electron chi connectivity index (χ2n) is 3.11. The van der Waals surface area contributed by atoms with Crippen LogP contribution in [0.3, 0.4) is 0 Å². The van der Waals surface area contributed by atoms with Crippen LogP contribution >= 0.6 is 0 Å². The van der Waals surface area contributed by atoms with E-state index in [4.69, 9.17) is 5.73 Å². The van der Waals surface area contributed by atoms with Crippen molar-refractivity contribution in [1.82, 2.24) is 10.3 Å². The van der Waals surface area contributed by atoms with Crippen molar-refractivity contribution >= 4 is 22.5 Å². The summed E-state index contributed by atoms with van der Waals surface area (Å²) in [5, 5.41) is 3.50. The number of rotatable bonds is 1. The Bertz CT molecular complexity index is 487. The number of nitrogens with one attached hydrogen (secondary N) is 2. The molecule has 0 aliphatic carbocycles. The van der Waals surface area contributed by atoms with Crippen LogP contribution in [0.2, 0.25) is 0 Å². The topological polar surface area (TPSA) is 70.9 Å². The van der Waals surface area contributed by atoms with E-state index in [-0.39, 0.29) is 5.91 Å². The molecule has 1 heterocycles. The Morgan fingerprint density at radius 1 is 1.43 bits per heavy atom. The molecule has 0 saturated carbocycles. The summed E-state index contributed by atoms with van der Waals surface area (Å²) in [5.74, 6) is -0.125. The third-order valence-electron chi connectivity index (χ3n) is 2.12. The van der Waals surface area contributed by atoms with Gasteiger partial charge >= 0.3 is 0 Å². The van der Waals surface area contributed by atoms with Gasteiger partial charge in [0.1, 0.15) is 5.69 Å². The molecule has 2 rings (SSSR count). The molecule has 0 fully saturated rings. The lowest BCUT2D eigenvalue weighted by molar-refractivity contribution is 0.0959. The second-order valence-corrected chi connectivity index (χ2v) is 3.11. The number of nitrogen functional groups attached to an aromatic ring is 1. The van der Waals surface area contributed by atoms with Gasteiger partial charge < -0.3 is 16.0 Å². The van der Waals surface area contributed by atoms with Gasteiger partial charge in [-0.25, -0.2) is 0 Å². The summed E-state index contributed by atoms with van der Waals surface area (Å²) in [4.78, 5) is 14.3. The molecule has 1 aromatic carbocycles. The van der Waals surface area contributed by atoms with Crippen LogP contribution in [0.15, 0.2) is 24.3 Å². The van der Waals surface area contributed by atoms with Crippen molar-refractivity contribution in [2.45, 2.75) is 0 Å². The predicted octanol–water partition coefficient (Wildman–Crippen LogP) is 1.11. The van der Waals surface area contributed by atoms with E-state index in [0.29, 0.717) is 11.4 Å². The van der Waals surface area contributed by atoms with Crippen LogP contribution in [0, 0.1) is 0 Å². The van der Waals surface area contributed by atoms with E-state index in [2.05, 4.69) is 10.3 Å². The summed E-state index contributed by atoms with van der Waals surface area (Å²) in [6.45, 7) is 0. The fourth-order valence-electron chi connectivity index (χ4n) is 1.41. The third-order valence-corrected chi connectivity index (χ3v) is 2.12. The molecule has 0 spiro atoms. The van der Waals surface area contributed by atoms with Crippen LogP contribution in [-0.4, -0.2) is 17.9 Å². The number of carbonyl (C=O) groups excluding carboxylic acids is 1. The Labute approximate surface area is 81.1 Å². The first-order valence-electron chi connectivity index (χ1n) is 4.31. The fraction of sp³-hybridized carbons (Fsp3) is 0.100. The van der Waals surface area contributed by atoms with Crippen LogP contribution < -0.4 is 11.1 Å². The molecule has 1 aromatic heterocycles. The zero-order chi connectivity index (χ0) is 10.1. The normalized spacial score (nSPS) is 10.4. The summed E-state index contributed by atoms with van der Waals surface area (Å²) in [6.07, 6.45) is 0. The molecule has 2 aromatic rings. The number of aromatic amines is 1. The van der Waals surface area contributed by atoms with Crippen molar-refractivity contribution in [1.29, 1.82) is 0 Å². The molecule has 4 N–H and O–H groups in total. The zero-order valence-corrected chi connectivity index (χ0v) is 7.79. The second kappa shape index (κ2) is 3.06. The van der Waals surface area contributed by atoms with Gasteiger partial charge in [0.2, 0.25) is 0 Å². The molecular weight excluding hydrogens is 178 g/mol. The van der Waals surface area contributed by atoms with Crippen molar-refractivity contribution in [3.05, 3.63) is 30.0 Å². The minimum Gasteiger partial charge on any atom is -0.399 e. The number of aromatic nitrogens is 1. The van der Waals surface area contributed by atoms with Crippen molar-refractivity contribution in [3.63, 3.8) is 0 Å². The number of hydrogen-bond acceptors (Lipinski definition) is 2. The number of nitrogens with two attached hydrogens (primary N) is 1. The maximum Gasteiger partial charge on any atom is 0.267 e. The maximum absolute atomic E-state index is 11.3. The van der Waals surface area contributed by atoms with Crippen molar-refractivity contribution in [3.8, 4) is 0 Å². The molecule has 0 saturated heterocycles.